The maximum atomic E-state index is 6.55. The molecule has 1 heterocycles. The average molecular weight is 300 g/mol. The molecule has 0 aliphatic heterocycles. The second kappa shape index (κ2) is 5.55. The molecular weight excluding hydrogens is 282 g/mol. The predicted molar refractivity (Wildman–Crippen MR) is 87.8 cm³/mol. The lowest BCUT2D eigenvalue weighted by Gasteiger charge is -2.16. The third kappa shape index (κ3) is 2.45. The Hall–Kier alpha value is -1.77. The standard InChI is InChI=1S/C18H18ClNO/c1-3-15-17(13-6-4-5-7-16(13)21-15)18(20)14-10-12(19)9-8-11(14)2/h4-10,18H,3,20H2,1-2H3. The molecule has 1 atom stereocenters. The number of aryl methyl sites for hydroxylation is 2. The molecule has 1 unspecified atom stereocenters. The van der Waals surface area contributed by atoms with Gasteiger partial charge < -0.3 is 10.2 Å². The summed E-state index contributed by atoms with van der Waals surface area (Å²) in [5, 5.41) is 1.79. The van der Waals surface area contributed by atoms with Gasteiger partial charge in [-0.2, -0.15) is 0 Å². The Labute approximate surface area is 129 Å². The highest BCUT2D eigenvalue weighted by atomic mass is 35.5. The molecule has 21 heavy (non-hydrogen) atoms. The first kappa shape index (κ1) is 14.2. The molecule has 0 aliphatic rings. The quantitative estimate of drug-likeness (QED) is 0.738. The fourth-order valence-electron chi connectivity index (χ4n) is 2.82. The van der Waals surface area contributed by atoms with Crippen molar-refractivity contribution < 1.29 is 4.42 Å². The molecule has 0 aliphatic carbocycles. The van der Waals surface area contributed by atoms with Gasteiger partial charge in [0.15, 0.2) is 0 Å². The molecule has 3 heteroatoms. The molecule has 3 aromatic rings. The van der Waals surface area contributed by atoms with Crippen LogP contribution in [0.1, 0.15) is 35.4 Å². The summed E-state index contributed by atoms with van der Waals surface area (Å²) in [5.41, 5.74) is 10.7. The largest absolute Gasteiger partial charge is 0.461 e. The zero-order valence-electron chi connectivity index (χ0n) is 12.2. The van der Waals surface area contributed by atoms with Gasteiger partial charge in [-0.1, -0.05) is 42.8 Å². The fourth-order valence-corrected chi connectivity index (χ4v) is 3.00. The SMILES string of the molecule is CCc1oc2ccccc2c1C(N)c1cc(Cl)ccc1C. The van der Waals surface area contributed by atoms with E-state index in [0.29, 0.717) is 5.02 Å². The van der Waals surface area contributed by atoms with E-state index >= 15 is 0 Å². The molecular formula is C18H18ClNO. The first-order valence-corrected chi connectivity index (χ1v) is 7.51. The van der Waals surface area contributed by atoms with Crippen molar-refractivity contribution in [2.24, 2.45) is 5.73 Å². The summed E-state index contributed by atoms with van der Waals surface area (Å²) < 4.78 is 5.95. The van der Waals surface area contributed by atoms with E-state index in [2.05, 4.69) is 19.9 Å². The van der Waals surface area contributed by atoms with Crippen LogP contribution in [0.3, 0.4) is 0 Å². The lowest BCUT2D eigenvalue weighted by Crippen LogP contribution is -2.14. The Morgan fingerprint density at radius 2 is 1.95 bits per heavy atom. The smallest absolute Gasteiger partial charge is 0.134 e. The van der Waals surface area contributed by atoms with Crippen molar-refractivity contribution >= 4 is 22.6 Å². The van der Waals surface area contributed by atoms with E-state index in [1.165, 1.54) is 0 Å². The van der Waals surface area contributed by atoms with E-state index in [4.69, 9.17) is 21.8 Å². The first-order chi connectivity index (χ1) is 10.1. The third-order valence-electron chi connectivity index (χ3n) is 3.92. The van der Waals surface area contributed by atoms with E-state index in [0.717, 1.165) is 39.8 Å². The van der Waals surface area contributed by atoms with Gasteiger partial charge in [0.05, 0.1) is 6.04 Å². The van der Waals surface area contributed by atoms with Crippen molar-refractivity contribution in [1.29, 1.82) is 0 Å². The minimum Gasteiger partial charge on any atom is -0.461 e. The monoisotopic (exact) mass is 299 g/mol. The Bertz CT molecular complexity index is 791. The molecule has 1 aromatic heterocycles. The van der Waals surface area contributed by atoms with Gasteiger partial charge in [0, 0.05) is 22.4 Å². The number of benzene rings is 2. The van der Waals surface area contributed by atoms with Crippen LogP contribution >= 0.6 is 11.6 Å². The van der Waals surface area contributed by atoms with Crippen LogP contribution in [0.25, 0.3) is 11.0 Å². The zero-order valence-corrected chi connectivity index (χ0v) is 12.9. The van der Waals surface area contributed by atoms with Crippen molar-refractivity contribution in [3.8, 4) is 0 Å². The number of hydrogen-bond donors (Lipinski definition) is 1. The van der Waals surface area contributed by atoms with Gasteiger partial charge in [0.2, 0.25) is 0 Å². The van der Waals surface area contributed by atoms with Crippen molar-refractivity contribution in [2.45, 2.75) is 26.3 Å². The predicted octanol–water partition coefficient (Wildman–Crippen LogP) is 5.01. The van der Waals surface area contributed by atoms with Crippen LogP contribution in [-0.4, -0.2) is 0 Å². The third-order valence-corrected chi connectivity index (χ3v) is 4.15. The van der Waals surface area contributed by atoms with Crippen molar-refractivity contribution in [2.75, 3.05) is 0 Å². The minimum absolute atomic E-state index is 0.234. The average Bonchev–Trinajstić information content (AvgIpc) is 2.87. The fraction of sp³-hybridized carbons (Fsp3) is 0.222. The molecule has 0 radical (unpaired) electrons. The van der Waals surface area contributed by atoms with E-state index in [-0.39, 0.29) is 6.04 Å². The number of nitrogens with two attached hydrogens (primary N) is 1. The number of hydrogen-bond acceptors (Lipinski definition) is 2. The summed E-state index contributed by atoms with van der Waals surface area (Å²) >= 11 is 6.14. The van der Waals surface area contributed by atoms with E-state index in [9.17, 15) is 0 Å². The Balaban J connectivity index is 2.21. The van der Waals surface area contributed by atoms with E-state index in [1.54, 1.807) is 0 Å². The molecule has 2 nitrogen and oxygen atoms in total. The molecule has 0 bridgehead atoms. The number of furan rings is 1. The topological polar surface area (TPSA) is 39.2 Å². The zero-order chi connectivity index (χ0) is 15.0. The number of para-hydroxylation sites is 1. The normalized spacial score (nSPS) is 12.8. The van der Waals surface area contributed by atoms with Gasteiger partial charge in [0.1, 0.15) is 11.3 Å². The van der Waals surface area contributed by atoms with Gasteiger partial charge in [-0.15, -0.1) is 0 Å². The van der Waals surface area contributed by atoms with Crippen LogP contribution in [0.15, 0.2) is 46.9 Å². The van der Waals surface area contributed by atoms with Crippen molar-refractivity contribution in [1.82, 2.24) is 0 Å². The summed E-state index contributed by atoms with van der Waals surface area (Å²) in [6.45, 7) is 4.14. The van der Waals surface area contributed by atoms with Crippen molar-refractivity contribution in [3.63, 3.8) is 0 Å². The molecule has 2 aromatic carbocycles. The van der Waals surface area contributed by atoms with Crippen LogP contribution in [0.2, 0.25) is 5.02 Å². The van der Waals surface area contributed by atoms with Gasteiger partial charge in [-0.25, -0.2) is 0 Å². The van der Waals surface area contributed by atoms with Gasteiger partial charge in [-0.05, 0) is 36.2 Å². The summed E-state index contributed by atoms with van der Waals surface area (Å²) in [6.07, 6.45) is 0.817. The molecule has 3 rings (SSSR count). The van der Waals surface area contributed by atoms with Gasteiger partial charge in [0.25, 0.3) is 0 Å². The molecule has 0 amide bonds. The number of fused-ring (bicyclic) bond motifs is 1. The Morgan fingerprint density at radius 3 is 2.71 bits per heavy atom. The maximum Gasteiger partial charge on any atom is 0.134 e. The molecule has 0 spiro atoms. The molecule has 0 fully saturated rings. The maximum absolute atomic E-state index is 6.55. The van der Waals surface area contributed by atoms with Crippen molar-refractivity contribution in [3.05, 3.63) is 69.9 Å². The van der Waals surface area contributed by atoms with Crippen LogP contribution in [0, 0.1) is 6.92 Å². The second-order valence-electron chi connectivity index (χ2n) is 5.27. The first-order valence-electron chi connectivity index (χ1n) is 7.13. The molecule has 0 saturated carbocycles. The highest BCUT2D eigenvalue weighted by molar-refractivity contribution is 6.30. The Morgan fingerprint density at radius 1 is 1.19 bits per heavy atom. The lowest BCUT2D eigenvalue weighted by molar-refractivity contribution is 0.546. The second-order valence-corrected chi connectivity index (χ2v) is 5.70. The number of halogens is 1. The summed E-state index contributed by atoms with van der Waals surface area (Å²) in [5.74, 6) is 0.947. The van der Waals surface area contributed by atoms with Gasteiger partial charge >= 0.3 is 0 Å². The van der Waals surface area contributed by atoms with Crippen LogP contribution < -0.4 is 5.73 Å². The van der Waals surface area contributed by atoms with E-state index in [1.807, 2.05) is 36.4 Å². The molecule has 108 valence electrons. The van der Waals surface area contributed by atoms with Crippen LogP contribution in [0.5, 0.6) is 0 Å². The summed E-state index contributed by atoms with van der Waals surface area (Å²) in [4.78, 5) is 0. The molecule has 0 saturated heterocycles. The Kier molecular flexibility index (Phi) is 3.75. The van der Waals surface area contributed by atoms with Crippen LogP contribution in [-0.2, 0) is 6.42 Å². The minimum atomic E-state index is -0.234. The highest BCUT2D eigenvalue weighted by Gasteiger charge is 2.21. The number of rotatable bonds is 3. The molecule has 2 N–H and O–H groups in total. The lowest BCUT2D eigenvalue weighted by atomic mass is 9.93. The summed E-state index contributed by atoms with van der Waals surface area (Å²) in [6, 6.07) is 13.6. The highest BCUT2D eigenvalue weighted by Crippen LogP contribution is 2.35. The van der Waals surface area contributed by atoms with E-state index < -0.39 is 0 Å². The summed E-state index contributed by atoms with van der Waals surface area (Å²) in [7, 11) is 0. The van der Waals surface area contributed by atoms with Gasteiger partial charge in [-0.3, -0.25) is 0 Å². The van der Waals surface area contributed by atoms with Crippen LogP contribution in [0.4, 0.5) is 0 Å².